The molecule has 12 heteroatoms. The van der Waals surface area contributed by atoms with Gasteiger partial charge in [0.05, 0.1) is 38.9 Å². The Morgan fingerprint density at radius 3 is 1.03 bits per heavy atom. The van der Waals surface area contributed by atoms with E-state index in [9.17, 15) is 24.0 Å². The Kier molecular flexibility index (Phi) is 16.7. The second-order valence-corrected chi connectivity index (χ2v) is 28.5. The molecule has 12 nitrogen and oxygen atoms in total. The van der Waals surface area contributed by atoms with Gasteiger partial charge < -0.3 is 0 Å². The van der Waals surface area contributed by atoms with Gasteiger partial charge in [-0.05, 0) is 131 Å². The van der Waals surface area contributed by atoms with Gasteiger partial charge in [-0.25, -0.2) is 0 Å². The van der Waals surface area contributed by atoms with Crippen molar-refractivity contribution in [2.75, 3.05) is 0 Å². The molecule has 2 unspecified atom stereocenters. The fraction of sp³-hybridized carbons (Fsp3) is 0.0505. The quantitative estimate of drug-likeness (QED) is 0.117. The minimum absolute atomic E-state index is 0.472. The summed E-state index contributed by atoms with van der Waals surface area (Å²) in [5.41, 5.74) is 32.3. The van der Waals surface area contributed by atoms with E-state index in [4.69, 9.17) is 0 Å². The van der Waals surface area contributed by atoms with E-state index in [1.807, 2.05) is 140 Å². The van der Waals surface area contributed by atoms with Crippen molar-refractivity contribution in [3.63, 3.8) is 0 Å². The third kappa shape index (κ3) is 10.9. The molecule has 0 aliphatic carbocycles. The van der Waals surface area contributed by atoms with Crippen LogP contribution in [0.1, 0.15) is 90.7 Å². The summed E-state index contributed by atoms with van der Waals surface area (Å²) in [6.07, 6.45) is 19.5. The summed E-state index contributed by atoms with van der Waals surface area (Å²) < 4.78 is 16.0. The highest BCUT2D eigenvalue weighted by Crippen LogP contribution is 2.49. The third-order valence-corrected chi connectivity index (χ3v) is 22.6. The lowest BCUT2D eigenvalue weighted by atomic mass is 9.89. The molecule has 2 atom stereocenters. The van der Waals surface area contributed by atoms with Crippen LogP contribution in [-0.2, 0) is 31.0 Å². The topological polar surface area (TPSA) is 113 Å². The van der Waals surface area contributed by atoms with E-state index in [2.05, 4.69) is 251 Å². The molecule has 0 amide bonds. The number of carbonyl (C=O) groups excluding carboxylic acids is 5. The Hall–Kier alpha value is -14.6. The van der Waals surface area contributed by atoms with Crippen molar-refractivity contribution >= 4 is 31.4 Å². The summed E-state index contributed by atoms with van der Waals surface area (Å²) in [4.78, 5) is 56.0. The van der Waals surface area contributed by atoms with Gasteiger partial charge in [0, 0.05) is 129 Å². The molecular weight excluding hydrogens is 1370 g/mol. The van der Waals surface area contributed by atoms with Gasteiger partial charge in [-0.15, -0.1) is 18.3 Å². The van der Waals surface area contributed by atoms with Gasteiger partial charge in [-0.1, -0.05) is 121 Å². The van der Waals surface area contributed by atoms with Gasteiger partial charge >= 0.3 is 11.3 Å². The molecule has 0 saturated heterocycles. The third-order valence-electron chi connectivity index (χ3n) is 22.6. The molecule has 0 saturated carbocycles. The van der Waals surface area contributed by atoms with Gasteiger partial charge in [0.1, 0.15) is 47.4 Å². The molecule has 0 fully saturated rings. The highest BCUT2D eigenvalue weighted by molar-refractivity contribution is 5.91. The second kappa shape index (κ2) is 27.6. The van der Waals surface area contributed by atoms with Crippen LogP contribution < -0.4 is 32.0 Å². The van der Waals surface area contributed by atoms with Crippen molar-refractivity contribution in [2.24, 2.45) is 0 Å². The lowest BCUT2D eigenvalue weighted by Crippen LogP contribution is -2.71. The molecule has 0 bridgehead atoms. The van der Waals surface area contributed by atoms with Crippen molar-refractivity contribution < 1.29 is 55.9 Å². The summed E-state index contributed by atoms with van der Waals surface area (Å²) in [5.74, 6) is 0. The largest absolute Gasteiger partial charge is 0.417 e. The molecule has 524 valence electrons. The van der Waals surface area contributed by atoms with Crippen molar-refractivity contribution in [2.45, 2.75) is 31.0 Å². The molecule has 0 radical (unpaired) electrons. The first-order valence-corrected chi connectivity index (χ1v) is 37.2. The van der Waals surface area contributed by atoms with Crippen molar-refractivity contribution in [1.29, 1.82) is 0 Å². The minimum atomic E-state index is -0.472. The van der Waals surface area contributed by atoms with Crippen molar-refractivity contribution in [3.8, 4) is 101 Å². The van der Waals surface area contributed by atoms with Crippen LogP contribution in [0.3, 0.4) is 0 Å². The number of fused-ring (bicyclic) bond motifs is 29. The van der Waals surface area contributed by atoms with E-state index in [1.54, 1.807) is 0 Å². The van der Waals surface area contributed by atoms with E-state index >= 15 is 0 Å². The van der Waals surface area contributed by atoms with Crippen LogP contribution in [0.2, 0.25) is 0 Å². The number of carbonyl (C=O) groups is 5. The highest BCUT2D eigenvalue weighted by atomic mass is 16.1. The fourth-order valence-corrected chi connectivity index (χ4v) is 17.7. The zero-order valence-electron chi connectivity index (χ0n) is 60.2. The molecular formula is C99H70N7O5+7. The Morgan fingerprint density at radius 1 is 0.216 bits per heavy atom. The zero-order chi connectivity index (χ0) is 74.7. The van der Waals surface area contributed by atoms with E-state index < -0.39 is 11.3 Å². The molecule has 23 rings (SSSR count). The maximum Gasteiger partial charge on any atom is 0.417 e. The number of rotatable bonds is 7. The minimum Gasteiger partial charge on any atom is -0.298 e. The number of hydrogen-bond donors (Lipinski definition) is 0. The normalized spacial score (nSPS) is 14.8. The standard InChI is InChI=1S/2C24H16N2O.2C19H14NO.C13H10NO/c2*27-16-17-11-12-21-19(15-17)23-10-4-6-14-26(23)24(21)20-8-2-1-7-18(20)22-9-3-5-13-25(22)24;21-13-16-11-18-15(12-20-9-5-4-8-19(18)20)10-17(16)14-6-2-1-3-7-14;21-13-14-6-7-17-12-20-9-8-16(11-19(20)18(17)10-14)15-4-2-1-3-5-15;15-9-10-4-5-11-8-14-6-2-1-3-13(14)12(11)7-10/h2*1-16H;2*1-11,13H,12H2;1-7,9H,8H2/q2*+2;3*+1. The molecule has 9 aromatic carbocycles. The smallest absolute Gasteiger partial charge is 0.298 e. The summed E-state index contributed by atoms with van der Waals surface area (Å²) in [6, 6.07) is 108. The Morgan fingerprint density at radius 2 is 0.568 bits per heavy atom. The van der Waals surface area contributed by atoms with Crippen LogP contribution in [0.15, 0.2) is 359 Å². The maximum atomic E-state index is 11.5. The van der Waals surface area contributed by atoms with Gasteiger partial charge in [-0.2, -0.15) is 13.7 Å². The van der Waals surface area contributed by atoms with E-state index in [-0.39, 0.29) is 0 Å². The van der Waals surface area contributed by atoms with Crippen LogP contribution in [0.5, 0.6) is 0 Å². The van der Waals surface area contributed by atoms with E-state index in [0.717, 1.165) is 113 Å². The van der Waals surface area contributed by atoms with Crippen LogP contribution in [0.25, 0.3) is 101 Å². The predicted octanol–water partition coefficient (Wildman–Crippen LogP) is 15.4. The number of hydrogen-bond acceptors (Lipinski definition) is 5. The van der Waals surface area contributed by atoms with Gasteiger partial charge in [-0.3, -0.25) is 24.0 Å². The Bertz CT molecular complexity index is 6240. The molecule has 14 heterocycles. The van der Waals surface area contributed by atoms with Crippen molar-refractivity contribution in [1.82, 2.24) is 0 Å². The summed E-state index contributed by atoms with van der Waals surface area (Å²) >= 11 is 0. The van der Waals surface area contributed by atoms with Crippen LogP contribution >= 0.6 is 0 Å². The number of benzene rings is 9. The summed E-state index contributed by atoms with van der Waals surface area (Å²) in [6.45, 7) is 2.65. The monoisotopic (exact) mass is 1440 g/mol. The van der Waals surface area contributed by atoms with Crippen LogP contribution in [-0.4, -0.2) is 31.4 Å². The molecule has 111 heavy (non-hydrogen) atoms. The predicted molar refractivity (Wildman–Crippen MR) is 423 cm³/mol. The van der Waals surface area contributed by atoms with Crippen molar-refractivity contribution in [3.05, 3.63) is 426 Å². The summed E-state index contributed by atoms with van der Waals surface area (Å²) in [5, 5.41) is 0. The molecule has 7 aliphatic rings. The SMILES string of the molecule is O=Cc1cc2c(cc1-c1ccccc1)C[n+]1ccccc1-2.O=Cc1ccc2c(c1)-c1cc(-c3ccccc3)cc[n+]1C2.O=Cc1ccc2c(c1)-c1cccc[n+]1C2.O=Cc1ccc2c(c1)-c1cccc[n+]1C21c2ccccc2-c2cccc[n+]21.O=Cc1ccc2c(c1)-c1cccc[n+]1C21c2ccccc2-c2cccc[n+]21. The lowest BCUT2D eigenvalue weighted by molar-refractivity contribution is -0.955. The van der Waals surface area contributed by atoms with Gasteiger partial charge in [0.2, 0.25) is 39.9 Å². The first kappa shape index (κ1) is 67.0. The molecule has 16 aromatic rings. The van der Waals surface area contributed by atoms with Crippen LogP contribution in [0, 0.1) is 0 Å². The highest BCUT2D eigenvalue weighted by Gasteiger charge is 2.68. The Labute approximate surface area is 641 Å². The van der Waals surface area contributed by atoms with Gasteiger partial charge in [0.25, 0.3) is 0 Å². The second-order valence-electron chi connectivity index (χ2n) is 28.5. The zero-order valence-corrected chi connectivity index (χ0v) is 60.2. The van der Waals surface area contributed by atoms with E-state index in [0.29, 0.717) is 11.1 Å². The van der Waals surface area contributed by atoms with Gasteiger partial charge in [0.15, 0.2) is 69.3 Å². The number of pyridine rings is 7. The first-order chi connectivity index (χ1) is 54.8. The summed E-state index contributed by atoms with van der Waals surface area (Å²) in [7, 11) is 0. The molecule has 7 aliphatic heterocycles. The Balaban J connectivity index is 0.0000000950. The maximum absolute atomic E-state index is 11.5. The fourth-order valence-electron chi connectivity index (χ4n) is 17.7. The number of nitrogens with zero attached hydrogens (tertiary/aromatic N) is 7. The average Bonchev–Trinajstić information content (AvgIpc) is 1.52. The lowest BCUT2D eigenvalue weighted by Gasteiger charge is -2.17. The average molecular weight is 1440 g/mol. The van der Waals surface area contributed by atoms with E-state index in [1.165, 1.54) is 95.2 Å². The molecule has 7 aromatic heterocycles. The molecule has 2 spiro atoms. The molecule has 0 N–H and O–H groups in total. The van der Waals surface area contributed by atoms with Crippen LogP contribution in [0.4, 0.5) is 0 Å². The number of aldehydes is 5. The number of aromatic nitrogens is 7. The first-order valence-electron chi connectivity index (χ1n) is 37.2.